The zero-order valence-corrected chi connectivity index (χ0v) is 28.9. The van der Waals surface area contributed by atoms with Crippen molar-refractivity contribution in [1.82, 2.24) is 0 Å². The second-order valence-electron chi connectivity index (χ2n) is 13.8. The summed E-state index contributed by atoms with van der Waals surface area (Å²) in [5.74, 6) is 0. The van der Waals surface area contributed by atoms with Crippen molar-refractivity contribution in [3.8, 4) is 22.3 Å². The molecule has 0 amide bonds. The van der Waals surface area contributed by atoms with Gasteiger partial charge in [-0.25, -0.2) is 0 Å². The molecule has 0 N–H and O–H groups in total. The van der Waals surface area contributed by atoms with Crippen molar-refractivity contribution in [2.24, 2.45) is 0 Å². The Hall–Kier alpha value is -4.74. The average molecular weight is 669 g/mol. The number of hydrogen-bond donors (Lipinski definition) is 0. The molecule has 0 saturated carbocycles. The molecule has 2 aliphatic rings. The first-order chi connectivity index (χ1) is 24.1. The normalized spacial score (nSPS) is 19.9. The van der Waals surface area contributed by atoms with Gasteiger partial charge in [0, 0.05) is 23.6 Å². The Morgan fingerprint density at radius 1 is 0.388 bits per heavy atom. The van der Waals surface area contributed by atoms with Crippen molar-refractivity contribution in [3.05, 3.63) is 168 Å². The van der Waals surface area contributed by atoms with Crippen molar-refractivity contribution in [3.63, 3.8) is 0 Å². The zero-order valence-electron chi connectivity index (χ0n) is 26.9. The summed E-state index contributed by atoms with van der Waals surface area (Å²) in [4.78, 5) is 0. The fourth-order valence-electron chi connectivity index (χ4n) is 8.96. The third kappa shape index (κ3) is 4.55. The first-order valence-corrected chi connectivity index (χ1v) is 20.6. The quantitative estimate of drug-likeness (QED) is 0.172. The maximum absolute atomic E-state index is 14.9. The van der Waals surface area contributed by atoms with Crippen LogP contribution in [0.15, 0.2) is 146 Å². The van der Waals surface area contributed by atoms with E-state index in [-0.39, 0.29) is 11.3 Å². The second-order valence-corrected chi connectivity index (χ2v) is 17.7. The Balaban J connectivity index is 1.22. The molecule has 2 nitrogen and oxygen atoms in total. The Labute approximate surface area is 287 Å². The molecule has 0 radical (unpaired) electrons. The molecule has 4 atom stereocenters. The first-order valence-electron chi connectivity index (χ1n) is 17.2. The van der Waals surface area contributed by atoms with E-state index in [1.165, 1.54) is 65.3 Å². The summed E-state index contributed by atoms with van der Waals surface area (Å²) in [6, 6.07) is 52.0. The molecule has 2 heterocycles. The summed E-state index contributed by atoms with van der Waals surface area (Å²) in [5, 5.41) is 9.54. The van der Waals surface area contributed by atoms with Crippen molar-refractivity contribution in [1.29, 1.82) is 0 Å². The monoisotopic (exact) mass is 668 g/mol. The fraction of sp³-hybridized carbons (Fsp3) is 0.111. The molecule has 10 rings (SSSR count). The van der Waals surface area contributed by atoms with Crippen molar-refractivity contribution in [2.75, 3.05) is 0 Å². The molecule has 2 aliphatic heterocycles. The minimum Gasteiger partial charge on any atom is -0.326 e. The molecule has 0 fully saturated rings. The molecule has 4 unspecified atom stereocenters. The van der Waals surface area contributed by atoms with E-state index in [0.29, 0.717) is 18.7 Å². The van der Waals surface area contributed by atoms with Crippen LogP contribution < -0.4 is 0 Å². The van der Waals surface area contributed by atoms with Gasteiger partial charge in [0.1, 0.15) is 0 Å². The van der Waals surface area contributed by atoms with Crippen LogP contribution in [0.4, 0.5) is 0 Å². The maximum atomic E-state index is 14.9. The molecule has 49 heavy (non-hydrogen) atoms. The minimum atomic E-state index is -2.18. The summed E-state index contributed by atoms with van der Waals surface area (Å²) in [6.07, 6.45) is 1.69. The standard InChI is InChI=1S/C45H34O2P2/c46-48-26-32-19-17-28-9-1-5-13-34(28)42(32)44-36-15-7-3-11-30(36)21-23-38(44)40(48)25-41-39-24-22-31-12-4-8-16-37(31)45(39)43-33(27-49(41)47)20-18-29-10-2-6-14-35(29)43/h1-24,40-41,48-49H,25-27H2. The van der Waals surface area contributed by atoms with Crippen LogP contribution in [0.1, 0.15) is 40.0 Å². The van der Waals surface area contributed by atoms with Gasteiger partial charge in [0.25, 0.3) is 0 Å². The van der Waals surface area contributed by atoms with Crippen LogP contribution in [0, 0.1) is 0 Å². The van der Waals surface area contributed by atoms with Crippen LogP contribution in [-0.4, -0.2) is 0 Å². The van der Waals surface area contributed by atoms with Gasteiger partial charge in [0.15, 0.2) is 0 Å². The topological polar surface area (TPSA) is 34.1 Å². The Kier molecular flexibility index (Phi) is 6.80. The van der Waals surface area contributed by atoms with Crippen molar-refractivity contribution < 1.29 is 9.13 Å². The Morgan fingerprint density at radius 3 is 1.10 bits per heavy atom. The van der Waals surface area contributed by atoms with E-state index in [4.69, 9.17) is 0 Å². The SMILES string of the molecule is O=[PH]1Cc2ccc3ccccc3c2-c2c(ccc3ccccc23)C1CC1c2ccc3ccccc3c2-c2c(ccc3ccccc23)C[PH]1=O. The molecule has 0 saturated heterocycles. The highest BCUT2D eigenvalue weighted by Crippen LogP contribution is 2.63. The van der Waals surface area contributed by atoms with Gasteiger partial charge in [-0.1, -0.05) is 146 Å². The molecule has 236 valence electrons. The predicted molar refractivity (Wildman–Crippen MR) is 209 cm³/mol. The Bertz CT molecular complexity index is 2520. The lowest BCUT2D eigenvalue weighted by molar-refractivity contribution is 0.563. The molecule has 8 aromatic rings. The van der Waals surface area contributed by atoms with Crippen LogP contribution in [0.5, 0.6) is 0 Å². The van der Waals surface area contributed by atoms with E-state index in [1.54, 1.807) is 0 Å². The van der Waals surface area contributed by atoms with E-state index in [9.17, 15) is 9.13 Å². The molecule has 8 aromatic carbocycles. The van der Waals surface area contributed by atoms with Crippen molar-refractivity contribution in [2.45, 2.75) is 30.1 Å². The average Bonchev–Trinajstić information content (AvgIpc) is 3.35. The number of hydrogen-bond acceptors (Lipinski definition) is 2. The highest BCUT2D eigenvalue weighted by molar-refractivity contribution is 7.45. The van der Waals surface area contributed by atoms with Gasteiger partial charge in [-0.3, -0.25) is 0 Å². The van der Waals surface area contributed by atoms with E-state index in [1.807, 2.05) is 0 Å². The third-order valence-corrected chi connectivity index (χ3v) is 15.3. The smallest absolute Gasteiger partial charge is 0.0875 e. The second kappa shape index (κ2) is 11.4. The predicted octanol–water partition coefficient (Wildman–Crippen LogP) is 13.0. The fourth-order valence-corrected chi connectivity index (χ4v) is 13.2. The lowest BCUT2D eigenvalue weighted by Crippen LogP contribution is -2.04. The van der Waals surface area contributed by atoms with Gasteiger partial charge in [-0.05, 0) is 94.0 Å². The highest BCUT2D eigenvalue weighted by atomic mass is 31.1. The van der Waals surface area contributed by atoms with Gasteiger partial charge in [0.2, 0.25) is 0 Å². The number of benzene rings is 8. The molecule has 0 aromatic heterocycles. The van der Waals surface area contributed by atoms with Crippen LogP contribution in [-0.2, 0) is 21.5 Å². The molecular weight excluding hydrogens is 634 g/mol. The molecule has 0 aliphatic carbocycles. The third-order valence-electron chi connectivity index (χ3n) is 11.2. The molecule has 0 bridgehead atoms. The van der Waals surface area contributed by atoms with E-state index in [0.717, 1.165) is 22.3 Å². The Morgan fingerprint density at radius 2 is 0.714 bits per heavy atom. The van der Waals surface area contributed by atoms with Gasteiger partial charge in [0.05, 0.1) is 15.6 Å². The lowest BCUT2D eigenvalue weighted by atomic mass is 9.84. The summed E-state index contributed by atoms with van der Waals surface area (Å²) in [7, 11) is -4.36. The first kappa shape index (κ1) is 29.2. The molecular formula is C45H34O2P2. The van der Waals surface area contributed by atoms with Crippen LogP contribution in [0.2, 0.25) is 0 Å². The van der Waals surface area contributed by atoms with Crippen LogP contribution >= 0.6 is 15.6 Å². The summed E-state index contributed by atoms with van der Waals surface area (Å²) in [6.45, 7) is 0. The molecule has 0 spiro atoms. The van der Waals surface area contributed by atoms with Crippen LogP contribution in [0.25, 0.3) is 65.3 Å². The maximum Gasteiger partial charge on any atom is 0.0875 e. The summed E-state index contributed by atoms with van der Waals surface area (Å²) >= 11 is 0. The number of fused-ring (bicyclic) bond motifs is 14. The lowest BCUT2D eigenvalue weighted by Gasteiger charge is -2.26. The van der Waals surface area contributed by atoms with Gasteiger partial charge in [-0.2, -0.15) is 0 Å². The van der Waals surface area contributed by atoms with Gasteiger partial charge < -0.3 is 9.13 Å². The summed E-state index contributed by atoms with van der Waals surface area (Å²) < 4.78 is 29.8. The van der Waals surface area contributed by atoms with Gasteiger partial charge >= 0.3 is 0 Å². The van der Waals surface area contributed by atoms with E-state index < -0.39 is 15.6 Å². The highest BCUT2D eigenvalue weighted by Gasteiger charge is 2.36. The largest absolute Gasteiger partial charge is 0.326 e. The van der Waals surface area contributed by atoms with Crippen molar-refractivity contribution >= 4 is 58.7 Å². The van der Waals surface area contributed by atoms with E-state index in [2.05, 4.69) is 146 Å². The van der Waals surface area contributed by atoms with Gasteiger partial charge in [-0.15, -0.1) is 0 Å². The molecule has 4 heteroatoms. The van der Waals surface area contributed by atoms with Crippen LogP contribution in [0.3, 0.4) is 0 Å². The summed E-state index contributed by atoms with van der Waals surface area (Å²) in [5.41, 5.74) is 9.01. The zero-order chi connectivity index (χ0) is 32.6. The number of rotatable bonds is 2. The van der Waals surface area contributed by atoms with E-state index >= 15 is 0 Å². The minimum absolute atomic E-state index is 0.202.